The van der Waals surface area contributed by atoms with E-state index in [0.29, 0.717) is 5.69 Å². The van der Waals surface area contributed by atoms with Crippen molar-refractivity contribution in [1.29, 1.82) is 0 Å². The molecule has 0 unspecified atom stereocenters. The minimum Gasteiger partial charge on any atom is -0.344 e. The number of alkyl halides is 1. The highest BCUT2D eigenvalue weighted by molar-refractivity contribution is 9.09. The maximum absolute atomic E-state index is 11.5. The van der Waals surface area contributed by atoms with E-state index in [1.807, 2.05) is 0 Å². The molecule has 5 heteroatoms. The highest BCUT2D eigenvalue weighted by Gasteiger charge is 2.43. The predicted molar refractivity (Wildman–Crippen MR) is 55.3 cm³/mol. The number of halogens is 1. The molecule has 0 spiro atoms. The van der Waals surface area contributed by atoms with Crippen LogP contribution in [-0.2, 0) is 0 Å². The normalized spacial score (nSPS) is 18.2. The fraction of sp³-hybridized carbons (Fsp3) is 0.500. The Balaban J connectivity index is 2.00. The monoisotopic (exact) mass is 260 g/mol. The molecule has 0 saturated heterocycles. The molecule has 2 rings (SSSR count). The molecule has 13 heavy (non-hydrogen) atoms. The molecule has 1 aliphatic rings. The topological polar surface area (TPSA) is 42.0 Å². The van der Waals surface area contributed by atoms with Crippen molar-refractivity contribution in [3.8, 4) is 0 Å². The van der Waals surface area contributed by atoms with E-state index in [2.05, 4.69) is 26.2 Å². The summed E-state index contributed by atoms with van der Waals surface area (Å²) in [5.41, 5.74) is 2.21. The number of thiazole rings is 1. The third-order valence-electron chi connectivity index (χ3n) is 2.15. The summed E-state index contributed by atoms with van der Waals surface area (Å²) in [5.74, 6) is -0.0572. The van der Waals surface area contributed by atoms with Crippen LogP contribution in [0.25, 0.3) is 0 Å². The Labute approximate surface area is 88.7 Å². The number of amides is 1. The van der Waals surface area contributed by atoms with Crippen LogP contribution < -0.4 is 5.32 Å². The largest absolute Gasteiger partial charge is 0.344 e. The molecule has 0 bridgehead atoms. The van der Waals surface area contributed by atoms with Crippen molar-refractivity contribution in [2.75, 3.05) is 5.33 Å². The van der Waals surface area contributed by atoms with E-state index in [0.717, 1.165) is 18.2 Å². The first-order valence-corrected chi connectivity index (χ1v) is 6.09. The Morgan fingerprint density at radius 1 is 1.77 bits per heavy atom. The number of nitrogens with one attached hydrogen (secondary N) is 1. The van der Waals surface area contributed by atoms with Crippen molar-refractivity contribution in [3.63, 3.8) is 0 Å². The highest BCUT2D eigenvalue weighted by atomic mass is 79.9. The summed E-state index contributed by atoms with van der Waals surface area (Å²) in [5, 5.41) is 5.57. The van der Waals surface area contributed by atoms with Gasteiger partial charge in [-0.15, -0.1) is 11.3 Å². The van der Waals surface area contributed by atoms with Crippen LogP contribution >= 0.6 is 27.3 Å². The second kappa shape index (κ2) is 3.38. The smallest absolute Gasteiger partial charge is 0.271 e. The first kappa shape index (κ1) is 9.15. The van der Waals surface area contributed by atoms with Crippen molar-refractivity contribution in [2.24, 2.45) is 0 Å². The van der Waals surface area contributed by atoms with Crippen LogP contribution in [0.3, 0.4) is 0 Å². The van der Waals surface area contributed by atoms with E-state index in [1.165, 1.54) is 11.3 Å². The van der Waals surface area contributed by atoms with Gasteiger partial charge < -0.3 is 5.32 Å². The lowest BCUT2D eigenvalue weighted by atomic mass is 10.3. The van der Waals surface area contributed by atoms with E-state index in [9.17, 15) is 4.79 Å². The van der Waals surface area contributed by atoms with Gasteiger partial charge >= 0.3 is 0 Å². The van der Waals surface area contributed by atoms with Crippen LogP contribution in [0.4, 0.5) is 0 Å². The molecule has 1 fully saturated rings. The molecule has 1 aromatic rings. The zero-order chi connectivity index (χ0) is 9.31. The molecule has 3 nitrogen and oxygen atoms in total. The van der Waals surface area contributed by atoms with Gasteiger partial charge in [0.1, 0.15) is 5.69 Å². The zero-order valence-electron chi connectivity index (χ0n) is 6.92. The van der Waals surface area contributed by atoms with E-state index in [-0.39, 0.29) is 11.4 Å². The molecule has 0 atom stereocenters. The maximum atomic E-state index is 11.5. The van der Waals surface area contributed by atoms with Crippen LogP contribution in [-0.4, -0.2) is 21.8 Å². The second-order valence-corrected chi connectivity index (χ2v) is 4.52. The quantitative estimate of drug-likeness (QED) is 0.843. The molecular formula is C8H9BrN2OS. The number of aromatic nitrogens is 1. The van der Waals surface area contributed by atoms with Crippen molar-refractivity contribution in [1.82, 2.24) is 10.3 Å². The van der Waals surface area contributed by atoms with Crippen LogP contribution in [0.5, 0.6) is 0 Å². The summed E-state index contributed by atoms with van der Waals surface area (Å²) in [7, 11) is 0. The molecule has 1 N–H and O–H groups in total. The Kier molecular flexibility index (Phi) is 2.38. The summed E-state index contributed by atoms with van der Waals surface area (Å²) < 4.78 is 0. The van der Waals surface area contributed by atoms with E-state index < -0.39 is 0 Å². The summed E-state index contributed by atoms with van der Waals surface area (Å²) in [6, 6.07) is 0. The first-order chi connectivity index (χ1) is 6.26. The molecular weight excluding hydrogens is 252 g/mol. The molecule has 1 amide bonds. The molecule has 1 aromatic heterocycles. The van der Waals surface area contributed by atoms with Crippen molar-refractivity contribution in [3.05, 3.63) is 16.6 Å². The van der Waals surface area contributed by atoms with E-state index in [1.54, 1.807) is 10.9 Å². The van der Waals surface area contributed by atoms with Gasteiger partial charge in [0.15, 0.2) is 0 Å². The average molecular weight is 261 g/mol. The number of hydrogen-bond donors (Lipinski definition) is 1. The van der Waals surface area contributed by atoms with Crippen molar-refractivity contribution in [2.45, 2.75) is 18.4 Å². The number of hydrogen-bond acceptors (Lipinski definition) is 3. The Morgan fingerprint density at radius 3 is 3.00 bits per heavy atom. The van der Waals surface area contributed by atoms with Crippen LogP contribution in [0.15, 0.2) is 10.9 Å². The SMILES string of the molecule is O=C(NC1(CBr)CC1)c1cscn1. The average Bonchev–Trinajstić information content (AvgIpc) is 2.69. The van der Waals surface area contributed by atoms with E-state index in [4.69, 9.17) is 0 Å². The van der Waals surface area contributed by atoms with Gasteiger partial charge in [0, 0.05) is 10.7 Å². The van der Waals surface area contributed by atoms with Gasteiger partial charge in [-0.05, 0) is 12.8 Å². The zero-order valence-corrected chi connectivity index (χ0v) is 9.32. The summed E-state index contributed by atoms with van der Waals surface area (Å²) in [6.45, 7) is 0. The molecule has 0 radical (unpaired) electrons. The standard InChI is InChI=1S/C8H9BrN2OS/c9-4-8(1-2-8)11-7(12)6-3-13-5-10-6/h3,5H,1-2,4H2,(H,11,12). The van der Waals surface area contributed by atoms with Crippen LogP contribution in [0, 0.1) is 0 Å². The minimum atomic E-state index is -0.0572. The van der Waals surface area contributed by atoms with Crippen molar-refractivity contribution >= 4 is 33.2 Å². The number of nitrogens with zero attached hydrogens (tertiary/aromatic N) is 1. The lowest BCUT2D eigenvalue weighted by Crippen LogP contribution is -2.38. The molecule has 1 saturated carbocycles. The fourth-order valence-corrected chi connectivity index (χ4v) is 2.31. The highest BCUT2D eigenvalue weighted by Crippen LogP contribution is 2.37. The number of carbonyl (C=O) groups is 1. The summed E-state index contributed by atoms with van der Waals surface area (Å²) in [4.78, 5) is 15.5. The summed E-state index contributed by atoms with van der Waals surface area (Å²) >= 11 is 4.83. The van der Waals surface area contributed by atoms with Gasteiger partial charge in [-0.25, -0.2) is 4.98 Å². The predicted octanol–water partition coefficient (Wildman–Crippen LogP) is 1.80. The molecule has 1 aliphatic carbocycles. The number of carbonyl (C=O) groups excluding carboxylic acids is 1. The van der Waals surface area contributed by atoms with Gasteiger partial charge in [0.2, 0.25) is 0 Å². The van der Waals surface area contributed by atoms with Crippen LogP contribution in [0.1, 0.15) is 23.3 Å². The fourth-order valence-electron chi connectivity index (χ4n) is 1.07. The Bertz CT molecular complexity index is 308. The van der Waals surface area contributed by atoms with Gasteiger partial charge in [0.25, 0.3) is 5.91 Å². The Morgan fingerprint density at radius 2 is 2.54 bits per heavy atom. The van der Waals surface area contributed by atoms with Gasteiger partial charge in [-0.2, -0.15) is 0 Å². The molecule has 0 aromatic carbocycles. The van der Waals surface area contributed by atoms with Crippen molar-refractivity contribution < 1.29 is 4.79 Å². The van der Waals surface area contributed by atoms with E-state index >= 15 is 0 Å². The van der Waals surface area contributed by atoms with Crippen LogP contribution in [0.2, 0.25) is 0 Å². The summed E-state index contributed by atoms with van der Waals surface area (Å²) in [6.07, 6.45) is 2.13. The lowest BCUT2D eigenvalue weighted by molar-refractivity contribution is 0.0932. The molecule has 70 valence electrons. The maximum Gasteiger partial charge on any atom is 0.271 e. The van der Waals surface area contributed by atoms with Gasteiger partial charge in [0.05, 0.1) is 11.0 Å². The molecule has 1 heterocycles. The third-order valence-corrected chi connectivity index (χ3v) is 3.81. The number of rotatable bonds is 3. The minimum absolute atomic E-state index is 0.0146. The second-order valence-electron chi connectivity index (χ2n) is 3.24. The molecule has 0 aliphatic heterocycles. The van der Waals surface area contributed by atoms with Gasteiger partial charge in [-0.3, -0.25) is 4.79 Å². The first-order valence-electron chi connectivity index (χ1n) is 4.02. The Hall–Kier alpha value is -0.420. The lowest BCUT2D eigenvalue weighted by Gasteiger charge is -2.12. The van der Waals surface area contributed by atoms with Gasteiger partial charge in [-0.1, -0.05) is 15.9 Å². The third kappa shape index (κ3) is 1.91.